The van der Waals surface area contributed by atoms with Crippen LogP contribution >= 0.6 is 31.9 Å². The van der Waals surface area contributed by atoms with Gasteiger partial charge in [0.05, 0.1) is 5.52 Å². The molecule has 0 saturated heterocycles. The lowest BCUT2D eigenvalue weighted by Crippen LogP contribution is -2.12. The first-order valence-electron chi connectivity index (χ1n) is 5.84. The van der Waals surface area contributed by atoms with Crippen LogP contribution in [0, 0.1) is 0 Å². The van der Waals surface area contributed by atoms with Crippen LogP contribution < -0.4 is 5.32 Å². The molecule has 6 heteroatoms. The molecular weight excluding hydrogens is 386 g/mol. The van der Waals surface area contributed by atoms with Crippen LogP contribution in [-0.4, -0.2) is 16.1 Å². The highest BCUT2D eigenvalue weighted by atomic mass is 79.9. The van der Waals surface area contributed by atoms with Gasteiger partial charge in [-0.1, -0.05) is 37.9 Å². The van der Waals surface area contributed by atoms with E-state index in [9.17, 15) is 4.79 Å². The third-order valence-electron chi connectivity index (χ3n) is 2.82. The summed E-state index contributed by atoms with van der Waals surface area (Å²) in [6, 6.07) is 13.1. The first-order chi connectivity index (χ1) is 9.63. The largest absolute Gasteiger partial charge is 0.321 e. The summed E-state index contributed by atoms with van der Waals surface area (Å²) in [5, 5.41) is 10.6. The summed E-state index contributed by atoms with van der Waals surface area (Å²) in [6.07, 6.45) is 0. The predicted octanol–water partition coefficient (Wildman–Crippen LogP) is 4.34. The Bertz CT molecular complexity index is 798. The number of halogens is 2. The maximum Gasteiger partial charge on any atom is 0.276 e. The van der Waals surface area contributed by atoms with Gasteiger partial charge in [0, 0.05) is 20.0 Å². The molecule has 1 heterocycles. The van der Waals surface area contributed by atoms with Crippen molar-refractivity contribution < 1.29 is 4.79 Å². The Labute approximate surface area is 131 Å². The molecule has 0 aliphatic carbocycles. The minimum absolute atomic E-state index is 0.243. The molecular formula is C14H9Br2N3O. The molecule has 3 aromatic rings. The first-order valence-corrected chi connectivity index (χ1v) is 7.42. The van der Waals surface area contributed by atoms with Gasteiger partial charge in [0.1, 0.15) is 0 Å². The third-order valence-corrected chi connectivity index (χ3v) is 3.81. The Kier molecular flexibility index (Phi) is 3.58. The van der Waals surface area contributed by atoms with E-state index in [4.69, 9.17) is 0 Å². The molecule has 1 aromatic heterocycles. The van der Waals surface area contributed by atoms with Gasteiger partial charge in [-0.15, -0.1) is 0 Å². The number of rotatable bonds is 2. The van der Waals surface area contributed by atoms with Crippen LogP contribution in [0.4, 0.5) is 5.69 Å². The lowest BCUT2D eigenvalue weighted by atomic mass is 10.2. The Morgan fingerprint density at radius 1 is 1.10 bits per heavy atom. The van der Waals surface area contributed by atoms with Crippen molar-refractivity contribution in [2.75, 3.05) is 5.32 Å². The second-order valence-corrected chi connectivity index (χ2v) is 6.06. The Morgan fingerprint density at radius 2 is 1.90 bits per heavy atom. The minimum Gasteiger partial charge on any atom is -0.321 e. The summed E-state index contributed by atoms with van der Waals surface area (Å²) in [6.45, 7) is 0. The first kappa shape index (κ1) is 13.3. The van der Waals surface area contributed by atoms with Crippen LogP contribution in [0.2, 0.25) is 0 Å². The highest BCUT2D eigenvalue weighted by molar-refractivity contribution is 9.10. The number of nitrogens with zero attached hydrogens (tertiary/aromatic N) is 1. The number of benzene rings is 2. The van der Waals surface area contributed by atoms with Crippen molar-refractivity contribution in [2.24, 2.45) is 0 Å². The van der Waals surface area contributed by atoms with Gasteiger partial charge in [0.15, 0.2) is 5.69 Å². The molecule has 0 spiro atoms. The Morgan fingerprint density at radius 3 is 2.70 bits per heavy atom. The van der Waals surface area contributed by atoms with Gasteiger partial charge in [0.2, 0.25) is 0 Å². The van der Waals surface area contributed by atoms with Crippen LogP contribution in [-0.2, 0) is 0 Å². The van der Waals surface area contributed by atoms with Gasteiger partial charge in [-0.3, -0.25) is 9.89 Å². The second-order valence-electron chi connectivity index (χ2n) is 4.23. The molecule has 0 unspecified atom stereocenters. The molecule has 0 aliphatic rings. The summed E-state index contributed by atoms with van der Waals surface area (Å²) in [5.74, 6) is -0.243. The number of H-pyrrole nitrogens is 1. The number of aromatic nitrogens is 2. The molecule has 2 N–H and O–H groups in total. The fourth-order valence-corrected chi connectivity index (χ4v) is 2.68. The van der Waals surface area contributed by atoms with E-state index in [-0.39, 0.29) is 5.91 Å². The highest BCUT2D eigenvalue weighted by Crippen LogP contribution is 2.22. The molecule has 20 heavy (non-hydrogen) atoms. The average Bonchev–Trinajstić information content (AvgIpc) is 2.81. The van der Waals surface area contributed by atoms with Crippen molar-refractivity contribution >= 4 is 54.4 Å². The molecule has 4 nitrogen and oxygen atoms in total. The summed E-state index contributed by atoms with van der Waals surface area (Å²) >= 11 is 6.77. The molecule has 0 aliphatic heterocycles. The summed E-state index contributed by atoms with van der Waals surface area (Å²) < 4.78 is 1.81. The van der Waals surface area contributed by atoms with Crippen molar-refractivity contribution in [3.8, 4) is 0 Å². The summed E-state index contributed by atoms with van der Waals surface area (Å²) in [7, 11) is 0. The molecule has 0 atom stereocenters. The van der Waals surface area contributed by atoms with Crippen molar-refractivity contribution in [2.45, 2.75) is 0 Å². The number of carbonyl (C=O) groups excluding carboxylic acids is 1. The fraction of sp³-hybridized carbons (Fsp3) is 0. The number of hydrogen-bond acceptors (Lipinski definition) is 2. The zero-order valence-electron chi connectivity index (χ0n) is 10.2. The summed E-state index contributed by atoms with van der Waals surface area (Å²) in [4.78, 5) is 12.3. The molecule has 2 aromatic carbocycles. The van der Waals surface area contributed by atoms with Gasteiger partial charge in [-0.05, 0) is 36.4 Å². The van der Waals surface area contributed by atoms with E-state index in [1.54, 1.807) is 0 Å². The van der Waals surface area contributed by atoms with E-state index in [2.05, 4.69) is 47.4 Å². The van der Waals surface area contributed by atoms with Gasteiger partial charge >= 0.3 is 0 Å². The van der Waals surface area contributed by atoms with Crippen LogP contribution in [0.1, 0.15) is 10.5 Å². The number of hydrogen-bond donors (Lipinski definition) is 2. The van der Waals surface area contributed by atoms with E-state index < -0.39 is 0 Å². The van der Waals surface area contributed by atoms with Crippen molar-refractivity contribution in [3.05, 3.63) is 57.1 Å². The number of nitrogens with one attached hydrogen (secondary N) is 2. The fourth-order valence-electron chi connectivity index (χ4n) is 1.92. The van der Waals surface area contributed by atoms with Crippen LogP contribution in [0.25, 0.3) is 10.9 Å². The minimum atomic E-state index is -0.243. The maximum atomic E-state index is 12.3. The van der Waals surface area contributed by atoms with E-state index in [1.165, 1.54) is 0 Å². The van der Waals surface area contributed by atoms with Gasteiger partial charge < -0.3 is 5.32 Å². The van der Waals surface area contributed by atoms with Gasteiger partial charge in [-0.2, -0.15) is 5.10 Å². The van der Waals surface area contributed by atoms with Crippen molar-refractivity contribution in [1.29, 1.82) is 0 Å². The van der Waals surface area contributed by atoms with Crippen molar-refractivity contribution in [1.82, 2.24) is 10.2 Å². The lowest BCUT2D eigenvalue weighted by molar-refractivity contribution is 0.102. The van der Waals surface area contributed by atoms with Crippen LogP contribution in [0.5, 0.6) is 0 Å². The monoisotopic (exact) mass is 393 g/mol. The van der Waals surface area contributed by atoms with E-state index >= 15 is 0 Å². The van der Waals surface area contributed by atoms with Crippen LogP contribution in [0.15, 0.2) is 51.4 Å². The number of anilines is 1. The van der Waals surface area contributed by atoms with Gasteiger partial charge in [-0.25, -0.2) is 0 Å². The normalized spacial score (nSPS) is 10.7. The molecule has 0 bridgehead atoms. The zero-order chi connectivity index (χ0) is 14.1. The topological polar surface area (TPSA) is 57.8 Å². The number of aromatic amines is 1. The Balaban J connectivity index is 1.94. The molecule has 100 valence electrons. The number of carbonyl (C=O) groups is 1. The molecule has 3 rings (SSSR count). The van der Waals surface area contributed by atoms with E-state index in [0.717, 1.165) is 25.5 Å². The second kappa shape index (κ2) is 5.38. The number of fused-ring (bicyclic) bond motifs is 1. The predicted molar refractivity (Wildman–Crippen MR) is 85.9 cm³/mol. The molecule has 1 amide bonds. The maximum absolute atomic E-state index is 12.3. The Hall–Kier alpha value is -1.66. The molecule has 0 fully saturated rings. The quantitative estimate of drug-likeness (QED) is 0.679. The SMILES string of the molecule is O=C(Nc1cccc(Br)c1)c1n[nH]c2ccc(Br)cc12. The smallest absolute Gasteiger partial charge is 0.276 e. The summed E-state index contributed by atoms with van der Waals surface area (Å²) in [5.41, 5.74) is 1.92. The van der Waals surface area contributed by atoms with E-state index in [0.29, 0.717) is 5.69 Å². The number of amides is 1. The highest BCUT2D eigenvalue weighted by Gasteiger charge is 2.14. The lowest BCUT2D eigenvalue weighted by Gasteiger charge is -2.03. The zero-order valence-corrected chi connectivity index (χ0v) is 13.3. The van der Waals surface area contributed by atoms with Gasteiger partial charge in [0.25, 0.3) is 5.91 Å². The average molecular weight is 395 g/mol. The van der Waals surface area contributed by atoms with E-state index in [1.807, 2.05) is 42.5 Å². The van der Waals surface area contributed by atoms with Crippen LogP contribution in [0.3, 0.4) is 0 Å². The third kappa shape index (κ3) is 2.62. The molecule has 0 radical (unpaired) electrons. The van der Waals surface area contributed by atoms with Crippen molar-refractivity contribution in [3.63, 3.8) is 0 Å². The standard InChI is InChI=1S/C14H9Br2N3O/c15-8-2-1-3-10(6-8)17-14(20)13-11-7-9(16)4-5-12(11)18-19-13/h1-7H,(H,17,20)(H,18,19). The molecule has 0 saturated carbocycles.